The van der Waals surface area contributed by atoms with Gasteiger partial charge in [0, 0.05) is 19.1 Å². The minimum atomic E-state index is -0.307. The van der Waals surface area contributed by atoms with E-state index in [0.29, 0.717) is 18.3 Å². The molecule has 0 bridgehead atoms. The van der Waals surface area contributed by atoms with E-state index in [-0.39, 0.29) is 11.9 Å². The number of carbonyl (C=O) groups is 1. The first-order valence-electron chi connectivity index (χ1n) is 7.77. The molecule has 0 N–H and O–H groups in total. The van der Waals surface area contributed by atoms with Crippen LogP contribution in [0.15, 0.2) is 24.3 Å². The normalized spacial score (nSPS) is 22.6. The molecule has 0 saturated heterocycles. The number of carbonyl (C=O) groups excluding carboxylic acids is 1. The average Bonchev–Trinajstić information content (AvgIpc) is 2.57. The zero-order valence-electron chi connectivity index (χ0n) is 13.2. The first-order valence-corrected chi connectivity index (χ1v) is 7.77. The van der Waals surface area contributed by atoms with Crippen LogP contribution >= 0.6 is 0 Å². The number of ketones is 1. The summed E-state index contributed by atoms with van der Waals surface area (Å²) < 4.78 is 10.3. The second-order valence-corrected chi connectivity index (χ2v) is 5.92. The molecule has 22 heavy (non-hydrogen) atoms. The van der Waals surface area contributed by atoms with Gasteiger partial charge in [0.15, 0.2) is 5.78 Å². The standard InChI is InChI=1S/C18H23NO3/c1-21-16-9-7-14(8-10-16)17(20)11-13-3-5-15(6-4-13)18(12-19)22-2/h7-10,13,15,18H,3-6,11H2,1-2H3. The zero-order valence-corrected chi connectivity index (χ0v) is 13.2. The lowest BCUT2D eigenvalue weighted by Crippen LogP contribution is -2.27. The Hall–Kier alpha value is -1.86. The van der Waals surface area contributed by atoms with Crippen molar-refractivity contribution in [1.82, 2.24) is 0 Å². The Morgan fingerprint density at radius 2 is 1.86 bits per heavy atom. The number of nitriles is 1. The minimum Gasteiger partial charge on any atom is -0.497 e. The molecule has 1 aliphatic rings. The summed E-state index contributed by atoms with van der Waals surface area (Å²) in [5.41, 5.74) is 0.745. The van der Waals surface area contributed by atoms with E-state index in [2.05, 4.69) is 6.07 Å². The van der Waals surface area contributed by atoms with Crippen LogP contribution in [0, 0.1) is 23.2 Å². The van der Waals surface area contributed by atoms with Crippen LogP contribution in [0.5, 0.6) is 5.75 Å². The summed E-state index contributed by atoms with van der Waals surface area (Å²) in [5, 5.41) is 9.04. The van der Waals surface area contributed by atoms with Crippen molar-refractivity contribution >= 4 is 5.78 Å². The van der Waals surface area contributed by atoms with Crippen molar-refractivity contribution < 1.29 is 14.3 Å². The zero-order chi connectivity index (χ0) is 15.9. The van der Waals surface area contributed by atoms with Gasteiger partial charge in [0.1, 0.15) is 11.9 Å². The number of nitrogens with zero attached hydrogens (tertiary/aromatic N) is 1. The largest absolute Gasteiger partial charge is 0.497 e. The number of methoxy groups -OCH3 is 2. The van der Waals surface area contributed by atoms with Crippen molar-refractivity contribution in [3.8, 4) is 11.8 Å². The van der Waals surface area contributed by atoms with Crippen molar-refractivity contribution in [3.63, 3.8) is 0 Å². The van der Waals surface area contributed by atoms with E-state index in [1.54, 1.807) is 14.2 Å². The van der Waals surface area contributed by atoms with E-state index in [9.17, 15) is 4.79 Å². The molecule has 0 heterocycles. The topological polar surface area (TPSA) is 59.3 Å². The quantitative estimate of drug-likeness (QED) is 0.753. The highest BCUT2D eigenvalue weighted by molar-refractivity contribution is 5.96. The maximum Gasteiger partial charge on any atom is 0.163 e. The van der Waals surface area contributed by atoms with Gasteiger partial charge in [0.2, 0.25) is 0 Å². The number of ether oxygens (including phenoxy) is 2. The second-order valence-electron chi connectivity index (χ2n) is 5.92. The van der Waals surface area contributed by atoms with Crippen molar-refractivity contribution in [2.75, 3.05) is 14.2 Å². The molecular formula is C18H23NO3. The van der Waals surface area contributed by atoms with Gasteiger partial charge in [0.05, 0.1) is 13.2 Å². The summed E-state index contributed by atoms with van der Waals surface area (Å²) in [6, 6.07) is 9.50. The van der Waals surface area contributed by atoms with Gasteiger partial charge in [-0.05, 0) is 61.8 Å². The van der Waals surface area contributed by atoms with Crippen LogP contribution in [0.4, 0.5) is 0 Å². The number of rotatable bonds is 6. The molecule has 1 aromatic carbocycles. The predicted octanol–water partition coefficient (Wildman–Crippen LogP) is 3.61. The summed E-state index contributed by atoms with van der Waals surface area (Å²) in [6.07, 6.45) is 4.20. The van der Waals surface area contributed by atoms with E-state index in [0.717, 1.165) is 37.0 Å². The van der Waals surface area contributed by atoms with Crippen LogP contribution in [-0.2, 0) is 4.74 Å². The van der Waals surface area contributed by atoms with Crippen molar-refractivity contribution in [1.29, 1.82) is 5.26 Å². The molecule has 1 atom stereocenters. The third-order valence-corrected chi connectivity index (χ3v) is 4.59. The number of hydrogen-bond donors (Lipinski definition) is 0. The maximum absolute atomic E-state index is 12.3. The molecule has 1 unspecified atom stereocenters. The van der Waals surface area contributed by atoms with Gasteiger partial charge >= 0.3 is 0 Å². The molecule has 0 amide bonds. The molecule has 1 saturated carbocycles. The van der Waals surface area contributed by atoms with Gasteiger partial charge in [0.25, 0.3) is 0 Å². The van der Waals surface area contributed by atoms with E-state index < -0.39 is 0 Å². The van der Waals surface area contributed by atoms with Gasteiger partial charge < -0.3 is 9.47 Å². The van der Waals surface area contributed by atoms with Gasteiger partial charge in [-0.25, -0.2) is 0 Å². The van der Waals surface area contributed by atoms with Crippen molar-refractivity contribution in [2.24, 2.45) is 11.8 Å². The molecule has 0 aromatic heterocycles. The monoisotopic (exact) mass is 301 g/mol. The highest BCUT2D eigenvalue weighted by atomic mass is 16.5. The summed E-state index contributed by atoms with van der Waals surface area (Å²) in [4.78, 5) is 12.3. The highest BCUT2D eigenvalue weighted by Gasteiger charge is 2.28. The molecular weight excluding hydrogens is 278 g/mol. The van der Waals surface area contributed by atoms with Crippen LogP contribution in [-0.4, -0.2) is 26.1 Å². The van der Waals surface area contributed by atoms with E-state index in [4.69, 9.17) is 14.7 Å². The van der Waals surface area contributed by atoms with Crippen LogP contribution < -0.4 is 4.74 Å². The Morgan fingerprint density at radius 3 is 2.36 bits per heavy atom. The smallest absolute Gasteiger partial charge is 0.163 e. The molecule has 0 aliphatic heterocycles. The Balaban J connectivity index is 1.85. The Bertz CT molecular complexity index is 524. The van der Waals surface area contributed by atoms with Gasteiger partial charge in [-0.1, -0.05) is 0 Å². The number of hydrogen-bond acceptors (Lipinski definition) is 4. The van der Waals surface area contributed by atoms with E-state index in [1.165, 1.54) is 0 Å². The Kier molecular flexibility index (Phi) is 5.97. The molecule has 0 spiro atoms. The van der Waals surface area contributed by atoms with Crippen molar-refractivity contribution in [3.05, 3.63) is 29.8 Å². The predicted molar refractivity (Wildman–Crippen MR) is 83.8 cm³/mol. The highest BCUT2D eigenvalue weighted by Crippen LogP contribution is 2.34. The lowest BCUT2D eigenvalue weighted by Gasteiger charge is -2.30. The van der Waals surface area contributed by atoms with Gasteiger partial charge in [-0.15, -0.1) is 0 Å². The Labute approximate surface area is 132 Å². The van der Waals surface area contributed by atoms with Crippen LogP contribution in [0.1, 0.15) is 42.5 Å². The first kappa shape index (κ1) is 16.5. The number of Topliss-reactive ketones (excluding diaryl/α,β-unsaturated/α-hetero) is 1. The Morgan fingerprint density at radius 1 is 1.23 bits per heavy atom. The fourth-order valence-corrected chi connectivity index (χ4v) is 3.20. The fraction of sp³-hybridized carbons (Fsp3) is 0.556. The number of benzene rings is 1. The van der Waals surface area contributed by atoms with Gasteiger partial charge in [-0.3, -0.25) is 4.79 Å². The molecule has 1 fully saturated rings. The summed E-state index contributed by atoms with van der Waals surface area (Å²) in [7, 11) is 3.21. The average molecular weight is 301 g/mol. The van der Waals surface area contributed by atoms with Crippen molar-refractivity contribution in [2.45, 2.75) is 38.2 Å². The molecule has 118 valence electrons. The summed E-state index contributed by atoms with van der Waals surface area (Å²) in [5.74, 6) is 1.68. The first-order chi connectivity index (χ1) is 10.7. The summed E-state index contributed by atoms with van der Waals surface area (Å²) >= 11 is 0. The van der Waals surface area contributed by atoms with Crippen LogP contribution in [0.3, 0.4) is 0 Å². The molecule has 4 nitrogen and oxygen atoms in total. The molecule has 0 radical (unpaired) electrons. The van der Waals surface area contributed by atoms with E-state index >= 15 is 0 Å². The third-order valence-electron chi connectivity index (χ3n) is 4.59. The maximum atomic E-state index is 12.3. The molecule has 1 aromatic rings. The second kappa shape index (κ2) is 7.95. The van der Waals surface area contributed by atoms with Crippen LogP contribution in [0.2, 0.25) is 0 Å². The minimum absolute atomic E-state index is 0.190. The van der Waals surface area contributed by atoms with Gasteiger partial charge in [-0.2, -0.15) is 5.26 Å². The molecule has 1 aliphatic carbocycles. The lowest BCUT2D eigenvalue weighted by molar-refractivity contribution is 0.0657. The van der Waals surface area contributed by atoms with Crippen LogP contribution in [0.25, 0.3) is 0 Å². The third kappa shape index (κ3) is 4.08. The summed E-state index contributed by atoms with van der Waals surface area (Å²) in [6.45, 7) is 0. The van der Waals surface area contributed by atoms with E-state index in [1.807, 2.05) is 24.3 Å². The SMILES string of the molecule is COc1ccc(C(=O)CC2CCC(C(C#N)OC)CC2)cc1. The lowest BCUT2D eigenvalue weighted by atomic mass is 9.77. The molecule has 4 heteroatoms. The fourth-order valence-electron chi connectivity index (χ4n) is 3.20. The molecule has 2 rings (SSSR count).